The molecule has 0 N–H and O–H groups in total. The zero-order chi connectivity index (χ0) is 16.6. The molecule has 7 heteroatoms. The molecule has 118 valence electrons. The second-order valence-electron chi connectivity index (χ2n) is 5.01. The molecule has 1 aliphatic heterocycles. The lowest BCUT2D eigenvalue weighted by atomic mass is 9.93. The minimum Gasteiger partial charge on any atom is -0.466 e. The zero-order valence-corrected chi connectivity index (χ0v) is 14.3. The van der Waals surface area contributed by atoms with Gasteiger partial charge in [-0.15, -0.1) is 0 Å². The number of esters is 1. The van der Waals surface area contributed by atoms with E-state index in [2.05, 4.69) is 15.9 Å². The van der Waals surface area contributed by atoms with Crippen LogP contribution in [-0.4, -0.2) is 43.0 Å². The molecular formula is C15H16BrFN2O3. The van der Waals surface area contributed by atoms with Crippen molar-refractivity contribution in [1.29, 1.82) is 0 Å². The zero-order valence-electron chi connectivity index (χ0n) is 12.7. The molecule has 1 aromatic carbocycles. The number of ether oxygens (including phenoxy) is 1. The van der Waals surface area contributed by atoms with Crippen LogP contribution in [0.25, 0.3) is 0 Å². The number of allylic oxidation sites excluding steroid dienone is 1. The molecule has 1 unspecified atom stereocenters. The Morgan fingerprint density at radius 1 is 1.36 bits per heavy atom. The summed E-state index contributed by atoms with van der Waals surface area (Å²) in [5, 5.41) is 0. The number of urea groups is 1. The highest BCUT2D eigenvalue weighted by molar-refractivity contribution is 9.10. The standard InChI is InChI=1S/C15H16BrFN2O3/c1-8-12(14(20)22-4)13(19(3)15(21)18(8)2)10-7-9(16)5-6-11(10)17/h5-7,13H,1-4H3. The van der Waals surface area contributed by atoms with Gasteiger partial charge in [-0.25, -0.2) is 14.0 Å². The number of hydrogen-bond donors (Lipinski definition) is 0. The second kappa shape index (κ2) is 6.08. The Bertz CT molecular complexity index is 675. The Balaban J connectivity index is 2.71. The molecule has 0 saturated heterocycles. The number of carbonyl (C=O) groups excluding carboxylic acids is 2. The van der Waals surface area contributed by atoms with Crippen LogP contribution in [0.15, 0.2) is 33.9 Å². The first kappa shape index (κ1) is 16.5. The SMILES string of the molecule is COC(=O)C1=C(C)N(C)C(=O)N(C)C1c1cc(Br)ccc1F. The molecule has 2 amide bonds. The number of amides is 2. The van der Waals surface area contributed by atoms with Crippen LogP contribution in [0.5, 0.6) is 0 Å². The van der Waals surface area contributed by atoms with Gasteiger partial charge in [-0.1, -0.05) is 15.9 Å². The first-order valence-corrected chi connectivity index (χ1v) is 7.33. The van der Waals surface area contributed by atoms with E-state index in [0.29, 0.717) is 10.2 Å². The van der Waals surface area contributed by atoms with Crippen molar-refractivity contribution in [1.82, 2.24) is 9.80 Å². The molecule has 22 heavy (non-hydrogen) atoms. The Kier molecular flexibility index (Phi) is 4.55. The van der Waals surface area contributed by atoms with Crippen LogP contribution >= 0.6 is 15.9 Å². The number of methoxy groups -OCH3 is 1. The molecule has 1 heterocycles. The molecule has 0 aliphatic carbocycles. The quantitative estimate of drug-likeness (QED) is 0.751. The van der Waals surface area contributed by atoms with E-state index >= 15 is 0 Å². The second-order valence-corrected chi connectivity index (χ2v) is 5.93. The number of likely N-dealkylation sites (N-methyl/N-ethyl adjacent to an activating group) is 1. The maximum Gasteiger partial charge on any atom is 0.337 e. The fraction of sp³-hybridized carbons (Fsp3) is 0.333. The van der Waals surface area contributed by atoms with Crippen LogP contribution in [0.4, 0.5) is 9.18 Å². The molecule has 0 fully saturated rings. The average Bonchev–Trinajstić information content (AvgIpc) is 2.50. The molecule has 1 aromatic rings. The van der Waals surface area contributed by atoms with Gasteiger partial charge in [0.2, 0.25) is 0 Å². The van der Waals surface area contributed by atoms with Crippen LogP contribution in [0.1, 0.15) is 18.5 Å². The van der Waals surface area contributed by atoms with E-state index in [1.807, 2.05) is 0 Å². The fourth-order valence-electron chi connectivity index (χ4n) is 2.52. The Labute approximate surface area is 136 Å². The minimum absolute atomic E-state index is 0.234. The van der Waals surface area contributed by atoms with E-state index < -0.39 is 17.8 Å². The normalized spacial score (nSPS) is 18.8. The fourth-order valence-corrected chi connectivity index (χ4v) is 2.90. The third kappa shape index (κ3) is 2.61. The van der Waals surface area contributed by atoms with E-state index in [4.69, 9.17) is 4.74 Å². The predicted molar refractivity (Wildman–Crippen MR) is 82.5 cm³/mol. The lowest BCUT2D eigenvalue weighted by Gasteiger charge is -2.39. The third-order valence-corrected chi connectivity index (χ3v) is 4.29. The summed E-state index contributed by atoms with van der Waals surface area (Å²) in [6, 6.07) is 3.25. The molecule has 0 aromatic heterocycles. The summed E-state index contributed by atoms with van der Waals surface area (Å²) in [6.07, 6.45) is 0. The van der Waals surface area contributed by atoms with E-state index in [1.54, 1.807) is 26.1 Å². The van der Waals surface area contributed by atoms with Gasteiger partial charge in [-0.2, -0.15) is 0 Å². The number of hydrogen-bond acceptors (Lipinski definition) is 3. The smallest absolute Gasteiger partial charge is 0.337 e. The van der Waals surface area contributed by atoms with E-state index in [-0.39, 0.29) is 17.2 Å². The maximum atomic E-state index is 14.3. The Morgan fingerprint density at radius 3 is 2.59 bits per heavy atom. The molecule has 0 spiro atoms. The number of halogens is 2. The van der Waals surface area contributed by atoms with Crippen LogP contribution in [0.3, 0.4) is 0 Å². The summed E-state index contributed by atoms with van der Waals surface area (Å²) < 4.78 is 19.7. The van der Waals surface area contributed by atoms with Gasteiger partial charge < -0.3 is 14.5 Å². The van der Waals surface area contributed by atoms with Gasteiger partial charge in [0, 0.05) is 29.8 Å². The maximum absolute atomic E-state index is 14.3. The van der Waals surface area contributed by atoms with Crippen LogP contribution in [0.2, 0.25) is 0 Å². The summed E-state index contributed by atoms with van der Waals surface area (Å²) in [7, 11) is 4.34. The minimum atomic E-state index is -0.839. The van der Waals surface area contributed by atoms with Crippen molar-refractivity contribution >= 4 is 27.9 Å². The molecule has 0 saturated carbocycles. The van der Waals surface area contributed by atoms with Gasteiger partial charge in [0.15, 0.2) is 0 Å². The lowest BCUT2D eigenvalue weighted by Crippen LogP contribution is -2.47. The molecule has 2 rings (SSSR count). The predicted octanol–water partition coefficient (Wildman–Crippen LogP) is 3.07. The largest absolute Gasteiger partial charge is 0.466 e. The third-order valence-electron chi connectivity index (χ3n) is 3.80. The number of rotatable bonds is 2. The highest BCUT2D eigenvalue weighted by Gasteiger charge is 2.40. The van der Waals surface area contributed by atoms with Crippen LogP contribution < -0.4 is 0 Å². The molecule has 0 radical (unpaired) electrons. The van der Waals surface area contributed by atoms with Crippen molar-refractivity contribution < 1.29 is 18.7 Å². The summed E-state index contributed by atoms with van der Waals surface area (Å²) in [6.45, 7) is 1.64. The molecule has 1 aliphatic rings. The highest BCUT2D eigenvalue weighted by atomic mass is 79.9. The molecular weight excluding hydrogens is 355 g/mol. The van der Waals surface area contributed by atoms with Crippen molar-refractivity contribution in [3.8, 4) is 0 Å². The van der Waals surface area contributed by atoms with Crippen molar-refractivity contribution in [3.05, 3.63) is 45.3 Å². The summed E-state index contributed by atoms with van der Waals surface area (Å²) in [5.74, 6) is -1.08. The molecule has 1 atom stereocenters. The lowest BCUT2D eigenvalue weighted by molar-refractivity contribution is -0.137. The van der Waals surface area contributed by atoms with Gasteiger partial charge >= 0.3 is 12.0 Å². The molecule has 5 nitrogen and oxygen atoms in total. The van der Waals surface area contributed by atoms with E-state index in [1.165, 1.54) is 30.0 Å². The first-order chi connectivity index (χ1) is 10.3. The Hall–Kier alpha value is -1.89. The van der Waals surface area contributed by atoms with Gasteiger partial charge in [0.05, 0.1) is 18.7 Å². The van der Waals surface area contributed by atoms with Crippen molar-refractivity contribution in [3.63, 3.8) is 0 Å². The number of benzene rings is 1. The van der Waals surface area contributed by atoms with Gasteiger partial charge in [-0.3, -0.25) is 0 Å². The Morgan fingerprint density at radius 2 is 2.00 bits per heavy atom. The van der Waals surface area contributed by atoms with Crippen molar-refractivity contribution in [2.24, 2.45) is 0 Å². The highest BCUT2D eigenvalue weighted by Crippen LogP contribution is 2.38. The number of nitrogens with zero attached hydrogens (tertiary/aromatic N) is 2. The summed E-state index contributed by atoms with van der Waals surface area (Å²) in [5.41, 5.74) is 0.918. The number of carbonyl (C=O) groups is 2. The van der Waals surface area contributed by atoms with E-state index in [0.717, 1.165) is 0 Å². The van der Waals surface area contributed by atoms with Gasteiger partial charge in [0.1, 0.15) is 5.82 Å². The topological polar surface area (TPSA) is 49.9 Å². The summed E-state index contributed by atoms with van der Waals surface area (Å²) >= 11 is 3.29. The molecule has 0 bridgehead atoms. The van der Waals surface area contributed by atoms with Gasteiger partial charge in [0.25, 0.3) is 0 Å². The van der Waals surface area contributed by atoms with Crippen molar-refractivity contribution in [2.45, 2.75) is 13.0 Å². The summed E-state index contributed by atoms with van der Waals surface area (Å²) in [4.78, 5) is 27.1. The van der Waals surface area contributed by atoms with Crippen LogP contribution in [-0.2, 0) is 9.53 Å². The van der Waals surface area contributed by atoms with Crippen LogP contribution in [0, 0.1) is 5.82 Å². The van der Waals surface area contributed by atoms with Gasteiger partial charge in [-0.05, 0) is 25.1 Å². The monoisotopic (exact) mass is 370 g/mol. The van der Waals surface area contributed by atoms with E-state index in [9.17, 15) is 14.0 Å². The average molecular weight is 371 g/mol. The van der Waals surface area contributed by atoms with Crippen molar-refractivity contribution in [2.75, 3.05) is 21.2 Å². The first-order valence-electron chi connectivity index (χ1n) is 6.54.